The molecule has 0 radical (unpaired) electrons. The highest BCUT2D eigenvalue weighted by Crippen LogP contribution is 2.25. The van der Waals surface area contributed by atoms with Crippen molar-refractivity contribution in [3.8, 4) is 0 Å². The first kappa shape index (κ1) is 15.7. The number of carbonyl (C=O) groups is 2. The Morgan fingerprint density at radius 3 is 2.33 bits per heavy atom. The molecule has 0 bridgehead atoms. The van der Waals surface area contributed by atoms with Gasteiger partial charge in [0.25, 0.3) is 0 Å². The Kier molecular flexibility index (Phi) is 4.43. The predicted octanol–water partition coefficient (Wildman–Crippen LogP) is 0.182. The number of rotatable bonds is 4. The van der Waals surface area contributed by atoms with E-state index in [2.05, 4.69) is 0 Å². The third-order valence-corrected chi connectivity index (χ3v) is 5.52. The molecule has 2 rings (SSSR count). The van der Waals surface area contributed by atoms with Crippen molar-refractivity contribution < 1.29 is 23.1 Å². The van der Waals surface area contributed by atoms with Gasteiger partial charge < -0.3 is 9.90 Å². The number of aliphatic carboxylic acids is 1. The predicted molar refractivity (Wildman–Crippen MR) is 73.0 cm³/mol. The Balaban J connectivity index is 2.35. The summed E-state index contributed by atoms with van der Waals surface area (Å²) in [6.45, 7) is 1.55. The molecule has 0 N–H and O–H groups in total. The zero-order valence-electron chi connectivity index (χ0n) is 11.6. The van der Waals surface area contributed by atoms with Gasteiger partial charge in [-0.25, -0.2) is 8.42 Å². The molecule has 6 nitrogen and oxygen atoms in total. The number of hydrogen-bond acceptors (Lipinski definition) is 5. The Morgan fingerprint density at radius 2 is 1.81 bits per heavy atom. The van der Waals surface area contributed by atoms with Crippen LogP contribution in [0.1, 0.15) is 36.5 Å². The highest BCUT2D eigenvalue weighted by molar-refractivity contribution is 7.89. The highest BCUT2D eigenvalue weighted by atomic mass is 32.2. The van der Waals surface area contributed by atoms with Crippen LogP contribution in [0.5, 0.6) is 0 Å². The van der Waals surface area contributed by atoms with Gasteiger partial charge in [-0.3, -0.25) is 4.79 Å². The first-order valence-corrected chi connectivity index (χ1v) is 8.12. The summed E-state index contributed by atoms with van der Waals surface area (Å²) in [5, 5.41) is 11.1. The van der Waals surface area contributed by atoms with Crippen LogP contribution in [0.3, 0.4) is 0 Å². The smallest absolute Gasteiger partial charge is 0.243 e. The van der Waals surface area contributed by atoms with Crippen LogP contribution in [0.15, 0.2) is 29.2 Å². The third kappa shape index (κ3) is 3.14. The molecule has 0 aliphatic carbocycles. The summed E-state index contributed by atoms with van der Waals surface area (Å²) < 4.78 is 26.0. The summed E-state index contributed by atoms with van der Waals surface area (Å²) in [6.07, 6.45) is 1.54. The van der Waals surface area contributed by atoms with E-state index in [1.165, 1.54) is 31.2 Å². The lowest BCUT2D eigenvalue weighted by Crippen LogP contribution is -2.52. The quantitative estimate of drug-likeness (QED) is 0.740. The first-order chi connectivity index (χ1) is 9.84. The topological polar surface area (TPSA) is 94.6 Å². The molecule has 7 heteroatoms. The summed E-state index contributed by atoms with van der Waals surface area (Å²) in [5.41, 5.74) is 0.407. The second kappa shape index (κ2) is 5.95. The highest BCUT2D eigenvalue weighted by Gasteiger charge is 2.34. The van der Waals surface area contributed by atoms with E-state index in [1.54, 1.807) is 0 Å². The molecule has 1 atom stereocenters. The minimum Gasteiger partial charge on any atom is -0.548 e. The molecule has 0 spiro atoms. The van der Waals surface area contributed by atoms with Crippen LogP contribution in [-0.2, 0) is 14.8 Å². The van der Waals surface area contributed by atoms with Crippen LogP contribution in [0.25, 0.3) is 0 Å². The van der Waals surface area contributed by atoms with Crippen LogP contribution in [-0.4, -0.2) is 37.1 Å². The SMILES string of the molecule is CC(=O)c1ccc(S(=O)(=O)N2CCCC[C@H]2C(=O)[O-])cc1. The zero-order valence-corrected chi connectivity index (χ0v) is 12.4. The Hall–Kier alpha value is -1.73. The van der Waals surface area contributed by atoms with E-state index in [0.717, 1.165) is 4.31 Å². The number of benzene rings is 1. The van der Waals surface area contributed by atoms with Crippen molar-refractivity contribution in [2.45, 2.75) is 37.1 Å². The number of carboxylic acids is 1. The second-order valence-corrected chi connectivity index (χ2v) is 6.92. The van der Waals surface area contributed by atoms with E-state index in [0.29, 0.717) is 18.4 Å². The monoisotopic (exact) mass is 310 g/mol. The molecule has 1 heterocycles. The maximum Gasteiger partial charge on any atom is 0.243 e. The van der Waals surface area contributed by atoms with Gasteiger partial charge in [-0.15, -0.1) is 0 Å². The van der Waals surface area contributed by atoms with E-state index in [9.17, 15) is 23.1 Å². The molecule has 1 aliphatic rings. The number of Topliss-reactive ketones (excluding diaryl/α,β-unsaturated/α-hetero) is 1. The first-order valence-electron chi connectivity index (χ1n) is 6.68. The van der Waals surface area contributed by atoms with E-state index in [1.807, 2.05) is 0 Å². The van der Waals surface area contributed by atoms with Gasteiger partial charge in [-0.1, -0.05) is 18.6 Å². The van der Waals surface area contributed by atoms with Gasteiger partial charge in [0.2, 0.25) is 10.0 Å². The van der Waals surface area contributed by atoms with Crippen molar-refractivity contribution in [3.63, 3.8) is 0 Å². The molecule has 0 unspecified atom stereocenters. The number of piperidine rings is 1. The number of carboxylic acid groups (broad SMARTS) is 1. The largest absolute Gasteiger partial charge is 0.548 e. The molecule has 0 saturated carbocycles. The third-order valence-electron chi connectivity index (χ3n) is 3.59. The summed E-state index contributed by atoms with van der Waals surface area (Å²) in [5.74, 6) is -1.54. The molecule has 114 valence electrons. The van der Waals surface area contributed by atoms with Gasteiger partial charge >= 0.3 is 0 Å². The van der Waals surface area contributed by atoms with Crippen molar-refractivity contribution in [1.82, 2.24) is 4.31 Å². The molecular formula is C14H16NO5S-. The molecule has 1 saturated heterocycles. The fraction of sp³-hybridized carbons (Fsp3) is 0.429. The van der Waals surface area contributed by atoms with Crippen LogP contribution in [0.4, 0.5) is 0 Å². The van der Waals surface area contributed by atoms with E-state index in [4.69, 9.17) is 0 Å². The van der Waals surface area contributed by atoms with Gasteiger partial charge in [0.15, 0.2) is 5.78 Å². The van der Waals surface area contributed by atoms with Crippen LogP contribution < -0.4 is 5.11 Å². The molecular weight excluding hydrogens is 294 g/mol. The number of nitrogens with zero attached hydrogens (tertiary/aromatic N) is 1. The lowest BCUT2D eigenvalue weighted by Gasteiger charge is -2.35. The minimum atomic E-state index is -3.90. The van der Waals surface area contributed by atoms with Crippen molar-refractivity contribution >= 4 is 21.8 Å². The lowest BCUT2D eigenvalue weighted by molar-refractivity contribution is -0.311. The lowest BCUT2D eigenvalue weighted by atomic mass is 10.1. The summed E-state index contributed by atoms with van der Waals surface area (Å²) in [6, 6.07) is 4.37. The van der Waals surface area contributed by atoms with Gasteiger partial charge in [0.1, 0.15) is 0 Å². The number of carbonyl (C=O) groups excluding carboxylic acids is 2. The van der Waals surface area contributed by atoms with Crippen LogP contribution in [0.2, 0.25) is 0 Å². The maximum absolute atomic E-state index is 12.5. The van der Waals surface area contributed by atoms with Crippen LogP contribution in [0, 0.1) is 0 Å². The maximum atomic E-state index is 12.5. The number of hydrogen-bond donors (Lipinski definition) is 0. The van der Waals surface area contributed by atoms with Crippen molar-refractivity contribution in [3.05, 3.63) is 29.8 Å². The molecule has 1 fully saturated rings. The van der Waals surface area contributed by atoms with Gasteiger partial charge in [-0.2, -0.15) is 4.31 Å². The molecule has 1 aromatic carbocycles. The van der Waals surface area contributed by atoms with Gasteiger partial charge in [-0.05, 0) is 31.9 Å². The molecule has 0 amide bonds. The summed E-state index contributed by atoms with van der Waals surface area (Å²) in [4.78, 5) is 22.3. The standard InChI is InChI=1S/C14H17NO5S/c1-10(16)11-5-7-12(8-6-11)21(19,20)15-9-3-2-4-13(15)14(17)18/h5-8,13H,2-4,9H2,1H3,(H,17,18)/p-1/t13-/m0/s1. The Morgan fingerprint density at radius 1 is 1.19 bits per heavy atom. The molecule has 1 aromatic rings. The zero-order chi connectivity index (χ0) is 15.6. The summed E-state index contributed by atoms with van der Waals surface area (Å²) >= 11 is 0. The average Bonchev–Trinajstić information content (AvgIpc) is 2.47. The van der Waals surface area contributed by atoms with Gasteiger partial charge in [0.05, 0.1) is 16.9 Å². The molecule has 1 aliphatic heterocycles. The normalized spacial score (nSPS) is 20.1. The van der Waals surface area contributed by atoms with E-state index < -0.39 is 22.0 Å². The average molecular weight is 310 g/mol. The molecule has 0 aromatic heterocycles. The van der Waals surface area contributed by atoms with Crippen LogP contribution >= 0.6 is 0 Å². The fourth-order valence-electron chi connectivity index (χ4n) is 2.43. The van der Waals surface area contributed by atoms with Gasteiger partial charge in [0, 0.05) is 12.1 Å². The fourth-order valence-corrected chi connectivity index (χ4v) is 4.07. The second-order valence-electron chi connectivity index (χ2n) is 5.03. The van der Waals surface area contributed by atoms with Crippen molar-refractivity contribution in [1.29, 1.82) is 0 Å². The number of sulfonamides is 1. The Bertz CT molecular complexity index is 650. The minimum absolute atomic E-state index is 0.0133. The van der Waals surface area contributed by atoms with Crippen molar-refractivity contribution in [2.24, 2.45) is 0 Å². The van der Waals surface area contributed by atoms with E-state index >= 15 is 0 Å². The van der Waals surface area contributed by atoms with E-state index in [-0.39, 0.29) is 23.6 Å². The molecule has 21 heavy (non-hydrogen) atoms. The Labute approximate surface area is 123 Å². The van der Waals surface area contributed by atoms with Crippen molar-refractivity contribution in [2.75, 3.05) is 6.54 Å². The number of ketones is 1. The summed E-state index contributed by atoms with van der Waals surface area (Å²) in [7, 11) is -3.90.